The van der Waals surface area contributed by atoms with Crippen LogP contribution in [0.3, 0.4) is 0 Å². The van der Waals surface area contributed by atoms with Gasteiger partial charge in [0.15, 0.2) is 0 Å². The Hall–Kier alpha value is -2.57. The Labute approximate surface area is 121 Å². The number of nitrogens with zero attached hydrogens (tertiary/aromatic N) is 2. The minimum Gasteiger partial charge on any atom is -0.481 e. The van der Waals surface area contributed by atoms with Crippen molar-refractivity contribution in [3.05, 3.63) is 30.5 Å². The van der Waals surface area contributed by atoms with Crippen LogP contribution in [-0.4, -0.2) is 47.4 Å². The molecule has 2 rings (SSSR count). The molecule has 1 atom stereocenters. The predicted molar refractivity (Wildman–Crippen MR) is 73.9 cm³/mol. The maximum absolute atomic E-state index is 12.1. The van der Waals surface area contributed by atoms with Gasteiger partial charge in [0.25, 0.3) is 0 Å². The number of carboxylic acids is 1. The SMILES string of the molecule is C=CC(=O)N1CCN(c2ccc(C(C)C(=O)O)o2)C(=O)C1. The molecule has 1 aromatic heterocycles. The van der Waals surface area contributed by atoms with E-state index < -0.39 is 11.9 Å². The molecule has 7 heteroatoms. The van der Waals surface area contributed by atoms with Crippen molar-refractivity contribution < 1.29 is 23.9 Å². The first-order valence-corrected chi connectivity index (χ1v) is 6.48. The van der Waals surface area contributed by atoms with Crippen LogP contribution < -0.4 is 4.90 Å². The van der Waals surface area contributed by atoms with Crippen molar-refractivity contribution >= 4 is 23.7 Å². The topological polar surface area (TPSA) is 91.1 Å². The summed E-state index contributed by atoms with van der Waals surface area (Å²) < 4.78 is 5.44. The summed E-state index contributed by atoms with van der Waals surface area (Å²) in [5.41, 5.74) is 0. The zero-order chi connectivity index (χ0) is 15.6. The van der Waals surface area contributed by atoms with E-state index in [1.807, 2.05) is 0 Å². The predicted octanol–water partition coefficient (Wildman–Crippen LogP) is 0.829. The van der Waals surface area contributed by atoms with Gasteiger partial charge in [-0.25, -0.2) is 0 Å². The highest BCUT2D eigenvalue weighted by molar-refractivity contribution is 5.98. The van der Waals surface area contributed by atoms with Crippen molar-refractivity contribution in [3.8, 4) is 0 Å². The first-order chi connectivity index (χ1) is 9.93. The fourth-order valence-electron chi connectivity index (χ4n) is 2.07. The van der Waals surface area contributed by atoms with Crippen molar-refractivity contribution in [1.82, 2.24) is 4.90 Å². The average molecular weight is 292 g/mol. The lowest BCUT2D eigenvalue weighted by atomic mass is 10.1. The molecule has 1 saturated heterocycles. The molecule has 7 nitrogen and oxygen atoms in total. The number of carboxylic acid groups (broad SMARTS) is 1. The standard InChI is InChI=1S/C14H16N2O5/c1-3-11(17)15-6-7-16(12(18)8-15)13-5-4-10(21-13)9(2)14(19)20/h3-5,9H,1,6-8H2,2H3,(H,19,20). The molecular weight excluding hydrogens is 276 g/mol. The molecule has 0 saturated carbocycles. The van der Waals surface area contributed by atoms with Crippen LogP contribution in [0.2, 0.25) is 0 Å². The molecule has 1 fully saturated rings. The minimum absolute atomic E-state index is 0.0463. The number of rotatable bonds is 4. The molecule has 1 unspecified atom stereocenters. The third-order valence-electron chi connectivity index (χ3n) is 3.38. The number of carbonyl (C=O) groups is 3. The van der Waals surface area contributed by atoms with Crippen LogP contribution >= 0.6 is 0 Å². The largest absolute Gasteiger partial charge is 0.481 e. The van der Waals surface area contributed by atoms with Gasteiger partial charge >= 0.3 is 5.97 Å². The van der Waals surface area contributed by atoms with Gasteiger partial charge in [0, 0.05) is 19.2 Å². The van der Waals surface area contributed by atoms with Crippen LogP contribution in [-0.2, 0) is 14.4 Å². The van der Waals surface area contributed by atoms with E-state index in [2.05, 4.69) is 6.58 Å². The fourth-order valence-corrected chi connectivity index (χ4v) is 2.07. The number of piperazine rings is 1. The lowest BCUT2D eigenvalue weighted by Gasteiger charge is -2.32. The summed E-state index contributed by atoms with van der Waals surface area (Å²) in [5.74, 6) is -1.76. The van der Waals surface area contributed by atoms with E-state index in [1.54, 1.807) is 12.1 Å². The summed E-state index contributed by atoms with van der Waals surface area (Å²) in [7, 11) is 0. The minimum atomic E-state index is -0.997. The second-order valence-electron chi connectivity index (χ2n) is 4.75. The van der Waals surface area contributed by atoms with Gasteiger partial charge in [0.1, 0.15) is 18.2 Å². The van der Waals surface area contributed by atoms with Crippen molar-refractivity contribution in [2.24, 2.45) is 0 Å². The van der Waals surface area contributed by atoms with Crippen molar-refractivity contribution in [2.45, 2.75) is 12.8 Å². The van der Waals surface area contributed by atoms with Gasteiger partial charge in [-0.1, -0.05) is 6.58 Å². The Kier molecular flexibility index (Phi) is 4.11. The highest BCUT2D eigenvalue weighted by Crippen LogP contribution is 2.25. The highest BCUT2D eigenvalue weighted by Gasteiger charge is 2.29. The van der Waals surface area contributed by atoms with Crippen LogP contribution in [0.25, 0.3) is 0 Å². The number of amides is 2. The van der Waals surface area contributed by atoms with E-state index in [0.717, 1.165) is 0 Å². The first-order valence-electron chi connectivity index (χ1n) is 6.48. The van der Waals surface area contributed by atoms with Crippen LogP contribution in [0.5, 0.6) is 0 Å². The lowest BCUT2D eigenvalue weighted by molar-refractivity contribution is -0.138. The second kappa shape index (κ2) is 5.82. The summed E-state index contributed by atoms with van der Waals surface area (Å²) in [6, 6.07) is 3.11. The van der Waals surface area contributed by atoms with Gasteiger partial charge in [-0.15, -0.1) is 0 Å². The Morgan fingerprint density at radius 3 is 2.71 bits per heavy atom. The summed E-state index contributed by atoms with van der Waals surface area (Å²) in [4.78, 5) is 37.2. The number of furan rings is 1. The first kappa shape index (κ1) is 14.8. The normalized spacial score (nSPS) is 16.7. The van der Waals surface area contributed by atoms with Gasteiger partial charge < -0.3 is 14.4 Å². The number of hydrogen-bond acceptors (Lipinski definition) is 4. The number of aliphatic carboxylic acids is 1. The summed E-state index contributed by atoms with van der Waals surface area (Å²) >= 11 is 0. The van der Waals surface area contributed by atoms with E-state index in [1.165, 1.54) is 22.8 Å². The third kappa shape index (κ3) is 2.96. The summed E-state index contributed by atoms with van der Waals surface area (Å²) in [6.07, 6.45) is 1.17. The highest BCUT2D eigenvalue weighted by atomic mass is 16.4. The molecular formula is C14H16N2O5. The fraction of sp³-hybridized carbons (Fsp3) is 0.357. The molecule has 0 aromatic carbocycles. The maximum atomic E-state index is 12.1. The Morgan fingerprint density at radius 1 is 1.43 bits per heavy atom. The summed E-state index contributed by atoms with van der Waals surface area (Å²) in [5, 5.41) is 8.94. The summed E-state index contributed by atoms with van der Waals surface area (Å²) in [6.45, 7) is 5.52. The van der Waals surface area contributed by atoms with Gasteiger partial charge in [0.2, 0.25) is 17.7 Å². The quantitative estimate of drug-likeness (QED) is 0.830. The molecule has 0 spiro atoms. The number of carbonyl (C=O) groups excluding carboxylic acids is 2. The second-order valence-corrected chi connectivity index (χ2v) is 4.75. The Bertz CT molecular complexity index is 592. The molecule has 1 N–H and O–H groups in total. The molecule has 1 aliphatic heterocycles. The van der Waals surface area contributed by atoms with E-state index in [4.69, 9.17) is 9.52 Å². The zero-order valence-electron chi connectivity index (χ0n) is 11.6. The molecule has 112 valence electrons. The zero-order valence-corrected chi connectivity index (χ0v) is 11.6. The molecule has 2 amide bonds. The van der Waals surface area contributed by atoms with Crippen LogP contribution in [0, 0.1) is 0 Å². The van der Waals surface area contributed by atoms with Crippen molar-refractivity contribution in [3.63, 3.8) is 0 Å². The number of anilines is 1. The third-order valence-corrected chi connectivity index (χ3v) is 3.38. The van der Waals surface area contributed by atoms with E-state index >= 15 is 0 Å². The van der Waals surface area contributed by atoms with Gasteiger partial charge in [-0.05, 0) is 19.1 Å². The van der Waals surface area contributed by atoms with Gasteiger partial charge in [-0.3, -0.25) is 19.3 Å². The molecule has 1 aromatic rings. The molecule has 0 radical (unpaired) electrons. The van der Waals surface area contributed by atoms with Crippen LogP contribution in [0.15, 0.2) is 29.2 Å². The van der Waals surface area contributed by atoms with Crippen molar-refractivity contribution in [1.29, 1.82) is 0 Å². The van der Waals surface area contributed by atoms with Crippen LogP contribution in [0.1, 0.15) is 18.6 Å². The maximum Gasteiger partial charge on any atom is 0.313 e. The smallest absolute Gasteiger partial charge is 0.313 e. The molecule has 1 aliphatic rings. The Balaban J connectivity index is 2.10. The lowest BCUT2D eigenvalue weighted by Crippen LogP contribution is -2.52. The van der Waals surface area contributed by atoms with E-state index in [0.29, 0.717) is 19.0 Å². The van der Waals surface area contributed by atoms with E-state index in [-0.39, 0.29) is 24.1 Å². The Morgan fingerprint density at radius 2 is 2.14 bits per heavy atom. The van der Waals surface area contributed by atoms with Gasteiger partial charge in [-0.2, -0.15) is 0 Å². The molecule has 21 heavy (non-hydrogen) atoms. The van der Waals surface area contributed by atoms with Gasteiger partial charge in [0.05, 0.1) is 0 Å². The number of hydrogen-bond donors (Lipinski definition) is 1. The molecule has 0 aliphatic carbocycles. The average Bonchev–Trinajstić information content (AvgIpc) is 2.94. The molecule has 0 bridgehead atoms. The molecule has 2 heterocycles. The van der Waals surface area contributed by atoms with E-state index in [9.17, 15) is 14.4 Å². The van der Waals surface area contributed by atoms with Crippen molar-refractivity contribution in [2.75, 3.05) is 24.5 Å². The monoisotopic (exact) mass is 292 g/mol. The van der Waals surface area contributed by atoms with Crippen LogP contribution in [0.4, 0.5) is 5.88 Å².